The zero-order valence-corrected chi connectivity index (χ0v) is 9.66. The molecule has 2 rings (SSSR count). The molecule has 4 nitrogen and oxygen atoms in total. The lowest BCUT2D eigenvalue weighted by molar-refractivity contribution is 0.639. The Kier molecular flexibility index (Phi) is 3.01. The minimum absolute atomic E-state index is 0.238. The minimum atomic E-state index is 0.238. The molecule has 1 N–H and O–H groups in total. The summed E-state index contributed by atoms with van der Waals surface area (Å²) in [6, 6.07) is 0.238. The van der Waals surface area contributed by atoms with E-state index < -0.39 is 0 Å². The number of aromatic nitrogens is 3. The Morgan fingerprint density at radius 2 is 2.33 bits per heavy atom. The quantitative estimate of drug-likeness (QED) is 0.863. The molecule has 0 fully saturated rings. The first-order valence-corrected chi connectivity index (χ1v) is 5.87. The molecule has 0 amide bonds. The van der Waals surface area contributed by atoms with Crippen LogP contribution in [-0.2, 0) is 0 Å². The van der Waals surface area contributed by atoms with Crippen molar-refractivity contribution in [3.63, 3.8) is 0 Å². The topological polar surface area (TPSA) is 42.7 Å². The first kappa shape index (κ1) is 10.2. The maximum absolute atomic E-state index is 4.32. The predicted molar refractivity (Wildman–Crippen MR) is 62.3 cm³/mol. The molecule has 1 unspecified atom stereocenters. The molecule has 0 aromatic carbocycles. The van der Waals surface area contributed by atoms with Crippen LogP contribution in [0, 0.1) is 0 Å². The van der Waals surface area contributed by atoms with Crippen LogP contribution in [0.4, 0.5) is 5.95 Å². The van der Waals surface area contributed by atoms with Crippen LogP contribution >= 0.6 is 11.3 Å². The van der Waals surface area contributed by atoms with Gasteiger partial charge in [-0.15, -0.1) is 11.3 Å². The number of anilines is 1. The summed E-state index contributed by atoms with van der Waals surface area (Å²) in [7, 11) is 0. The molecule has 1 atom stereocenters. The van der Waals surface area contributed by atoms with Crippen molar-refractivity contribution in [3.8, 4) is 0 Å². The Balaban J connectivity index is 2.25. The number of imidazole rings is 1. The highest BCUT2D eigenvalue weighted by atomic mass is 32.1. The van der Waals surface area contributed by atoms with Crippen molar-refractivity contribution in [2.75, 3.05) is 11.9 Å². The van der Waals surface area contributed by atoms with Crippen molar-refractivity contribution in [2.24, 2.45) is 0 Å². The standard InChI is InChI=1S/C10H14N4S/c1-3-11-10-13-4-6-14(10)8(2)9-12-5-7-15-9/h4-8H,3H2,1-2H3,(H,11,13). The minimum Gasteiger partial charge on any atom is -0.356 e. The molecule has 5 heteroatoms. The molecular weight excluding hydrogens is 208 g/mol. The second-order valence-corrected chi connectivity index (χ2v) is 4.16. The third-order valence-corrected chi connectivity index (χ3v) is 3.18. The maximum atomic E-state index is 4.32. The lowest BCUT2D eigenvalue weighted by atomic mass is 10.3. The van der Waals surface area contributed by atoms with E-state index in [1.54, 1.807) is 11.3 Å². The number of hydrogen-bond acceptors (Lipinski definition) is 4. The average Bonchev–Trinajstić information content (AvgIpc) is 2.87. The maximum Gasteiger partial charge on any atom is 0.203 e. The van der Waals surface area contributed by atoms with Gasteiger partial charge in [0.25, 0.3) is 0 Å². The SMILES string of the molecule is CCNc1nccn1C(C)c1nccs1. The monoisotopic (exact) mass is 222 g/mol. The molecule has 0 aliphatic carbocycles. The third kappa shape index (κ3) is 2.02. The fourth-order valence-electron chi connectivity index (χ4n) is 1.48. The van der Waals surface area contributed by atoms with Crippen molar-refractivity contribution in [1.82, 2.24) is 14.5 Å². The second kappa shape index (κ2) is 4.44. The summed E-state index contributed by atoms with van der Waals surface area (Å²) in [6.45, 7) is 5.07. The van der Waals surface area contributed by atoms with Gasteiger partial charge in [0.15, 0.2) is 0 Å². The van der Waals surface area contributed by atoms with Crippen LogP contribution in [0.2, 0.25) is 0 Å². The van der Waals surface area contributed by atoms with Gasteiger partial charge in [-0.3, -0.25) is 0 Å². The molecule has 0 radical (unpaired) electrons. The van der Waals surface area contributed by atoms with Crippen LogP contribution in [-0.4, -0.2) is 21.1 Å². The van der Waals surface area contributed by atoms with E-state index in [1.165, 1.54) is 0 Å². The summed E-state index contributed by atoms with van der Waals surface area (Å²) >= 11 is 1.67. The molecule has 0 saturated heterocycles. The number of hydrogen-bond donors (Lipinski definition) is 1. The van der Waals surface area contributed by atoms with Crippen LogP contribution in [0.5, 0.6) is 0 Å². The van der Waals surface area contributed by atoms with Gasteiger partial charge < -0.3 is 9.88 Å². The van der Waals surface area contributed by atoms with Crippen molar-refractivity contribution < 1.29 is 0 Å². The summed E-state index contributed by atoms with van der Waals surface area (Å²) < 4.78 is 2.10. The van der Waals surface area contributed by atoms with E-state index in [9.17, 15) is 0 Å². The fourth-order valence-corrected chi connectivity index (χ4v) is 2.17. The number of rotatable bonds is 4. The van der Waals surface area contributed by atoms with Gasteiger partial charge in [0, 0.05) is 30.5 Å². The van der Waals surface area contributed by atoms with Crippen molar-refractivity contribution in [1.29, 1.82) is 0 Å². The van der Waals surface area contributed by atoms with Crippen LogP contribution < -0.4 is 5.32 Å². The van der Waals surface area contributed by atoms with Crippen molar-refractivity contribution >= 4 is 17.3 Å². The van der Waals surface area contributed by atoms with Gasteiger partial charge in [0.2, 0.25) is 5.95 Å². The van der Waals surface area contributed by atoms with E-state index in [1.807, 2.05) is 24.0 Å². The molecule has 0 aliphatic rings. The van der Waals surface area contributed by atoms with Crippen LogP contribution in [0.25, 0.3) is 0 Å². The van der Waals surface area contributed by atoms with Gasteiger partial charge in [0.05, 0.1) is 6.04 Å². The van der Waals surface area contributed by atoms with Crippen molar-refractivity contribution in [2.45, 2.75) is 19.9 Å². The lowest BCUT2D eigenvalue weighted by Gasteiger charge is -2.14. The molecule has 2 heterocycles. The van der Waals surface area contributed by atoms with E-state index >= 15 is 0 Å². The predicted octanol–water partition coefficient (Wildman–Crippen LogP) is 2.38. The summed E-state index contributed by atoms with van der Waals surface area (Å²) in [6.07, 6.45) is 5.62. The first-order chi connectivity index (χ1) is 7.33. The molecule has 0 aliphatic heterocycles. The van der Waals surface area contributed by atoms with E-state index in [4.69, 9.17) is 0 Å². The lowest BCUT2D eigenvalue weighted by Crippen LogP contribution is -2.11. The summed E-state index contributed by atoms with van der Waals surface area (Å²) in [5.74, 6) is 0.903. The number of thiazole rings is 1. The molecule has 0 bridgehead atoms. The Morgan fingerprint density at radius 1 is 1.47 bits per heavy atom. The summed E-state index contributed by atoms with van der Waals surface area (Å²) in [5.41, 5.74) is 0. The molecule has 2 aromatic heterocycles. The third-order valence-electron chi connectivity index (χ3n) is 2.23. The molecule has 0 spiro atoms. The van der Waals surface area contributed by atoms with Gasteiger partial charge in [0.1, 0.15) is 5.01 Å². The van der Waals surface area contributed by atoms with Gasteiger partial charge in [-0.1, -0.05) is 0 Å². The van der Waals surface area contributed by atoms with Crippen molar-refractivity contribution in [3.05, 3.63) is 29.0 Å². The summed E-state index contributed by atoms with van der Waals surface area (Å²) in [4.78, 5) is 8.58. The number of nitrogens with zero attached hydrogens (tertiary/aromatic N) is 3. The normalized spacial score (nSPS) is 12.7. The number of nitrogens with one attached hydrogen (secondary N) is 1. The Labute approximate surface area is 93.0 Å². The van der Waals surface area contributed by atoms with E-state index in [0.29, 0.717) is 0 Å². The molecule has 15 heavy (non-hydrogen) atoms. The van der Waals surface area contributed by atoms with Gasteiger partial charge in [-0.05, 0) is 13.8 Å². The highest BCUT2D eigenvalue weighted by Gasteiger charge is 2.13. The zero-order valence-electron chi connectivity index (χ0n) is 8.84. The van der Waals surface area contributed by atoms with Crippen LogP contribution in [0.3, 0.4) is 0 Å². The van der Waals surface area contributed by atoms with Gasteiger partial charge in [-0.25, -0.2) is 9.97 Å². The highest BCUT2D eigenvalue weighted by Crippen LogP contribution is 2.22. The van der Waals surface area contributed by atoms with E-state index in [-0.39, 0.29) is 6.04 Å². The van der Waals surface area contributed by atoms with E-state index in [0.717, 1.165) is 17.5 Å². The molecular formula is C10H14N4S. The zero-order chi connectivity index (χ0) is 10.7. The Morgan fingerprint density at radius 3 is 3.00 bits per heavy atom. The average molecular weight is 222 g/mol. The Hall–Kier alpha value is -1.36. The fraction of sp³-hybridized carbons (Fsp3) is 0.400. The smallest absolute Gasteiger partial charge is 0.203 e. The van der Waals surface area contributed by atoms with E-state index in [2.05, 4.69) is 33.7 Å². The van der Waals surface area contributed by atoms with Gasteiger partial charge >= 0.3 is 0 Å². The molecule has 0 saturated carbocycles. The molecule has 80 valence electrons. The second-order valence-electron chi connectivity index (χ2n) is 3.23. The van der Waals surface area contributed by atoms with Crippen LogP contribution in [0.1, 0.15) is 24.9 Å². The summed E-state index contributed by atoms with van der Waals surface area (Å²) in [5, 5.41) is 6.33. The first-order valence-electron chi connectivity index (χ1n) is 4.99. The van der Waals surface area contributed by atoms with Crippen LogP contribution in [0.15, 0.2) is 24.0 Å². The largest absolute Gasteiger partial charge is 0.356 e. The Bertz CT molecular complexity index is 407. The molecule has 2 aromatic rings. The van der Waals surface area contributed by atoms with Gasteiger partial charge in [-0.2, -0.15) is 0 Å². The highest BCUT2D eigenvalue weighted by molar-refractivity contribution is 7.09.